The second-order valence-electron chi connectivity index (χ2n) is 7.26. The van der Waals surface area contributed by atoms with E-state index in [1.165, 1.54) is 5.56 Å². The molecule has 4 rings (SSSR count). The highest BCUT2D eigenvalue weighted by Crippen LogP contribution is 2.31. The monoisotopic (exact) mass is 390 g/mol. The van der Waals surface area contributed by atoms with Gasteiger partial charge >= 0.3 is 0 Å². The van der Waals surface area contributed by atoms with Gasteiger partial charge in [-0.2, -0.15) is 5.10 Å². The van der Waals surface area contributed by atoms with Gasteiger partial charge in [-0.15, -0.1) is 0 Å². The van der Waals surface area contributed by atoms with E-state index < -0.39 is 6.10 Å². The maximum absolute atomic E-state index is 12.4. The molecule has 0 aliphatic carbocycles. The molecule has 1 atom stereocenters. The summed E-state index contributed by atoms with van der Waals surface area (Å²) >= 11 is 0. The fourth-order valence-corrected chi connectivity index (χ4v) is 3.17. The lowest BCUT2D eigenvalue weighted by Gasteiger charge is -2.25. The number of ether oxygens (including phenoxy) is 1. The van der Waals surface area contributed by atoms with Crippen LogP contribution in [0.15, 0.2) is 54.9 Å². The Bertz CT molecular complexity index is 1060. The van der Waals surface area contributed by atoms with E-state index in [0.717, 1.165) is 11.1 Å². The highest BCUT2D eigenvalue weighted by molar-refractivity contribution is 6.02. The van der Waals surface area contributed by atoms with Crippen LogP contribution in [0.4, 0.5) is 11.4 Å². The minimum absolute atomic E-state index is 0.0811. The van der Waals surface area contributed by atoms with Crippen molar-refractivity contribution < 1.29 is 14.3 Å². The fourth-order valence-electron chi connectivity index (χ4n) is 3.17. The molecule has 0 saturated carbocycles. The molecule has 1 aromatic heterocycles. The summed E-state index contributed by atoms with van der Waals surface area (Å²) < 4.78 is 7.46. The lowest BCUT2D eigenvalue weighted by molar-refractivity contribution is -0.128. The van der Waals surface area contributed by atoms with Crippen LogP contribution in [0.2, 0.25) is 0 Å². The number of hydrogen-bond donors (Lipinski definition) is 2. The summed E-state index contributed by atoms with van der Waals surface area (Å²) in [6.45, 7) is 4.59. The molecule has 3 aromatic rings. The van der Waals surface area contributed by atoms with Crippen LogP contribution in [0.25, 0.3) is 0 Å². The summed E-state index contributed by atoms with van der Waals surface area (Å²) in [6, 6.07) is 13.7. The van der Waals surface area contributed by atoms with Gasteiger partial charge in [-0.3, -0.25) is 14.3 Å². The van der Waals surface area contributed by atoms with Crippen molar-refractivity contribution in [2.75, 3.05) is 10.6 Å². The first-order valence-electron chi connectivity index (χ1n) is 9.42. The Kier molecular flexibility index (Phi) is 5.03. The van der Waals surface area contributed by atoms with Crippen LogP contribution in [-0.4, -0.2) is 27.7 Å². The Balaban J connectivity index is 1.35. The van der Waals surface area contributed by atoms with Crippen molar-refractivity contribution in [3.63, 3.8) is 0 Å². The first kappa shape index (κ1) is 18.7. The number of aromatic nitrogens is 2. The van der Waals surface area contributed by atoms with Crippen molar-refractivity contribution in [1.82, 2.24) is 9.78 Å². The van der Waals surface area contributed by atoms with Crippen molar-refractivity contribution in [1.29, 1.82) is 0 Å². The second-order valence-corrected chi connectivity index (χ2v) is 7.26. The van der Waals surface area contributed by atoms with Gasteiger partial charge in [-0.1, -0.05) is 35.9 Å². The van der Waals surface area contributed by atoms with Crippen molar-refractivity contribution in [2.24, 2.45) is 0 Å². The molecule has 0 bridgehead atoms. The lowest BCUT2D eigenvalue weighted by Crippen LogP contribution is -2.39. The number of hydrogen-bond acceptors (Lipinski definition) is 4. The largest absolute Gasteiger partial charge is 0.478 e. The minimum atomic E-state index is -0.868. The van der Waals surface area contributed by atoms with Gasteiger partial charge < -0.3 is 15.4 Å². The number of carbonyl (C=O) groups excluding carboxylic acids is 2. The number of aryl methyl sites for hydroxylation is 2. The number of benzene rings is 2. The summed E-state index contributed by atoms with van der Waals surface area (Å²) in [5.41, 5.74) is 4.55. The minimum Gasteiger partial charge on any atom is -0.478 e. The van der Waals surface area contributed by atoms with E-state index in [4.69, 9.17) is 4.74 Å². The summed E-state index contributed by atoms with van der Waals surface area (Å²) in [4.78, 5) is 24.6. The molecule has 2 amide bonds. The van der Waals surface area contributed by atoms with E-state index in [0.29, 0.717) is 23.7 Å². The Morgan fingerprint density at radius 2 is 1.93 bits per heavy atom. The summed E-state index contributed by atoms with van der Waals surface area (Å²) in [5.74, 6) is -0.0668. The molecule has 2 N–H and O–H groups in total. The van der Waals surface area contributed by atoms with E-state index in [1.807, 2.05) is 38.1 Å². The van der Waals surface area contributed by atoms with Crippen LogP contribution in [-0.2, 0) is 16.1 Å². The molecule has 1 aliphatic rings. The summed E-state index contributed by atoms with van der Waals surface area (Å²) in [5, 5.41) is 9.85. The number of fused-ring (bicyclic) bond motifs is 1. The molecule has 1 unspecified atom stereocenters. The molecule has 148 valence electrons. The standard InChI is InChI=1S/C22H22N4O3/c1-14-3-6-16(7-4-14)12-26-13-17(11-23-26)24-21(27)10-20-22(28)25-18-9-15(2)5-8-19(18)29-20/h3-9,11,13,20H,10,12H2,1-2H3,(H,24,27)(H,25,28). The number of carbonyl (C=O) groups is 2. The summed E-state index contributed by atoms with van der Waals surface area (Å²) in [6.07, 6.45) is 2.40. The first-order chi connectivity index (χ1) is 14.0. The zero-order valence-electron chi connectivity index (χ0n) is 16.3. The molecule has 0 radical (unpaired) electrons. The van der Waals surface area contributed by atoms with Crippen LogP contribution >= 0.6 is 0 Å². The molecule has 1 aliphatic heterocycles. The summed E-state index contributed by atoms with van der Waals surface area (Å²) in [7, 11) is 0. The van der Waals surface area contributed by atoms with Crippen LogP contribution in [0.5, 0.6) is 5.75 Å². The molecule has 0 fully saturated rings. The van der Waals surface area contributed by atoms with E-state index >= 15 is 0 Å². The van der Waals surface area contributed by atoms with E-state index in [2.05, 4.69) is 27.9 Å². The molecular formula is C22H22N4O3. The number of nitrogens with one attached hydrogen (secondary N) is 2. The average molecular weight is 390 g/mol. The number of amides is 2. The zero-order valence-corrected chi connectivity index (χ0v) is 16.3. The van der Waals surface area contributed by atoms with Crippen molar-refractivity contribution in [3.05, 3.63) is 71.5 Å². The predicted molar refractivity (Wildman–Crippen MR) is 110 cm³/mol. The van der Waals surface area contributed by atoms with Gasteiger partial charge in [0.25, 0.3) is 5.91 Å². The molecular weight excluding hydrogens is 368 g/mol. The lowest BCUT2D eigenvalue weighted by atomic mass is 10.1. The highest BCUT2D eigenvalue weighted by atomic mass is 16.5. The number of nitrogens with zero attached hydrogens (tertiary/aromatic N) is 2. The quantitative estimate of drug-likeness (QED) is 0.700. The van der Waals surface area contributed by atoms with Gasteiger partial charge in [0.15, 0.2) is 6.10 Å². The molecule has 2 heterocycles. The Morgan fingerprint density at radius 1 is 1.17 bits per heavy atom. The Labute approximate surface area is 168 Å². The van der Waals surface area contributed by atoms with Crippen molar-refractivity contribution in [3.8, 4) is 5.75 Å². The molecule has 0 spiro atoms. The fraction of sp³-hybridized carbons (Fsp3) is 0.227. The number of rotatable bonds is 5. The van der Waals surface area contributed by atoms with Gasteiger partial charge in [0.1, 0.15) is 5.75 Å². The Morgan fingerprint density at radius 3 is 2.72 bits per heavy atom. The SMILES string of the molecule is Cc1ccc(Cn2cc(NC(=O)CC3Oc4ccc(C)cc4NC3=O)cn2)cc1. The van der Waals surface area contributed by atoms with Gasteiger partial charge in [0, 0.05) is 6.20 Å². The van der Waals surface area contributed by atoms with E-state index in [-0.39, 0.29) is 18.2 Å². The topological polar surface area (TPSA) is 85.3 Å². The van der Waals surface area contributed by atoms with E-state index in [1.54, 1.807) is 23.1 Å². The smallest absolute Gasteiger partial charge is 0.266 e. The van der Waals surface area contributed by atoms with Gasteiger partial charge in [0.2, 0.25) is 5.91 Å². The zero-order chi connectivity index (χ0) is 20.4. The van der Waals surface area contributed by atoms with Crippen molar-refractivity contribution >= 4 is 23.2 Å². The first-order valence-corrected chi connectivity index (χ1v) is 9.42. The predicted octanol–water partition coefficient (Wildman–Crippen LogP) is 3.28. The van der Waals surface area contributed by atoms with E-state index in [9.17, 15) is 9.59 Å². The van der Waals surface area contributed by atoms with Gasteiger partial charge in [0.05, 0.1) is 30.5 Å². The third-order valence-electron chi connectivity index (χ3n) is 4.71. The van der Waals surface area contributed by atoms with Crippen LogP contribution in [0.3, 0.4) is 0 Å². The molecule has 2 aromatic carbocycles. The van der Waals surface area contributed by atoms with Gasteiger partial charge in [-0.05, 0) is 37.1 Å². The highest BCUT2D eigenvalue weighted by Gasteiger charge is 2.29. The maximum atomic E-state index is 12.4. The maximum Gasteiger partial charge on any atom is 0.266 e. The third-order valence-corrected chi connectivity index (χ3v) is 4.71. The molecule has 7 nitrogen and oxygen atoms in total. The normalized spacial score (nSPS) is 15.2. The van der Waals surface area contributed by atoms with Crippen LogP contribution < -0.4 is 15.4 Å². The third kappa shape index (κ3) is 4.45. The Hall–Kier alpha value is -3.61. The van der Waals surface area contributed by atoms with Crippen LogP contribution in [0, 0.1) is 13.8 Å². The average Bonchev–Trinajstić information content (AvgIpc) is 3.11. The van der Waals surface area contributed by atoms with Crippen molar-refractivity contribution in [2.45, 2.75) is 32.9 Å². The molecule has 0 saturated heterocycles. The molecule has 29 heavy (non-hydrogen) atoms. The second kappa shape index (κ2) is 7.79. The number of anilines is 2. The van der Waals surface area contributed by atoms with Crippen LogP contribution in [0.1, 0.15) is 23.1 Å². The van der Waals surface area contributed by atoms with Gasteiger partial charge in [-0.25, -0.2) is 0 Å². The molecule has 7 heteroatoms.